The van der Waals surface area contributed by atoms with E-state index >= 15 is 0 Å². The minimum absolute atomic E-state index is 0.671. The van der Waals surface area contributed by atoms with E-state index in [0.717, 1.165) is 23.9 Å². The lowest BCUT2D eigenvalue weighted by Gasteiger charge is -2.36. The summed E-state index contributed by atoms with van der Waals surface area (Å²) in [6, 6.07) is 6.78. The van der Waals surface area contributed by atoms with E-state index in [1.165, 1.54) is 24.9 Å². The minimum Gasteiger partial charge on any atom is -0.495 e. The molecular weight excluding hydrogens is 224 g/mol. The van der Waals surface area contributed by atoms with E-state index in [4.69, 9.17) is 10.5 Å². The van der Waals surface area contributed by atoms with Crippen molar-refractivity contribution in [1.82, 2.24) is 4.90 Å². The third-order valence-corrected chi connectivity index (χ3v) is 3.93. The second-order valence-electron chi connectivity index (χ2n) is 5.54. The van der Waals surface area contributed by atoms with Gasteiger partial charge in [-0.1, -0.05) is 13.0 Å². The van der Waals surface area contributed by atoms with Crippen molar-refractivity contribution in [3.8, 4) is 5.75 Å². The smallest absolute Gasteiger partial charge is 0.141 e. The van der Waals surface area contributed by atoms with Gasteiger partial charge < -0.3 is 10.5 Å². The van der Waals surface area contributed by atoms with Crippen LogP contribution in [0.1, 0.15) is 32.3 Å². The Labute approximate surface area is 110 Å². The molecule has 0 bridgehead atoms. The molecule has 100 valence electrons. The van der Waals surface area contributed by atoms with Gasteiger partial charge in [0.25, 0.3) is 0 Å². The van der Waals surface area contributed by atoms with Crippen LogP contribution in [-0.4, -0.2) is 24.6 Å². The first-order chi connectivity index (χ1) is 8.60. The second kappa shape index (κ2) is 5.61. The van der Waals surface area contributed by atoms with E-state index in [-0.39, 0.29) is 0 Å². The molecule has 2 unspecified atom stereocenters. The number of nitrogens with two attached hydrogens (primary N) is 1. The van der Waals surface area contributed by atoms with Crippen LogP contribution in [0, 0.1) is 5.92 Å². The quantitative estimate of drug-likeness (QED) is 0.836. The average Bonchev–Trinajstić information content (AvgIpc) is 2.34. The van der Waals surface area contributed by atoms with E-state index in [1.807, 2.05) is 12.1 Å². The molecule has 3 nitrogen and oxygen atoms in total. The molecule has 1 aliphatic rings. The van der Waals surface area contributed by atoms with Gasteiger partial charge in [0.15, 0.2) is 0 Å². The Morgan fingerprint density at radius 3 is 2.78 bits per heavy atom. The maximum Gasteiger partial charge on any atom is 0.141 e. The number of benzene rings is 1. The van der Waals surface area contributed by atoms with Crippen LogP contribution in [-0.2, 0) is 6.54 Å². The highest BCUT2D eigenvalue weighted by molar-refractivity contribution is 5.54. The lowest BCUT2D eigenvalue weighted by atomic mass is 9.94. The fraction of sp³-hybridized carbons (Fsp3) is 0.600. The van der Waals surface area contributed by atoms with E-state index in [1.54, 1.807) is 7.11 Å². The van der Waals surface area contributed by atoms with Crippen LogP contribution in [0.4, 0.5) is 5.69 Å². The van der Waals surface area contributed by atoms with Gasteiger partial charge in [0.1, 0.15) is 5.75 Å². The Balaban J connectivity index is 2.06. The summed E-state index contributed by atoms with van der Waals surface area (Å²) in [5.41, 5.74) is 7.96. The van der Waals surface area contributed by atoms with Gasteiger partial charge in [-0.25, -0.2) is 0 Å². The van der Waals surface area contributed by atoms with Crippen LogP contribution in [0.15, 0.2) is 18.2 Å². The Morgan fingerprint density at radius 2 is 2.11 bits per heavy atom. The molecule has 2 N–H and O–H groups in total. The first-order valence-corrected chi connectivity index (χ1v) is 6.76. The number of piperidine rings is 1. The number of methoxy groups -OCH3 is 1. The molecule has 2 atom stereocenters. The van der Waals surface area contributed by atoms with Crippen molar-refractivity contribution in [3.05, 3.63) is 23.8 Å². The van der Waals surface area contributed by atoms with Crippen molar-refractivity contribution >= 4 is 5.69 Å². The van der Waals surface area contributed by atoms with Gasteiger partial charge >= 0.3 is 0 Å². The summed E-state index contributed by atoms with van der Waals surface area (Å²) in [4.78, 5) is 2.55. The Hall–Kier alpha value is -1.22. The molecule has 1 aliphatic heterocycles. The summed E-state index contributed by atoms with van der Waals surface area (Å²) < 4.78 is 5.19. The number of nitrogens with zero attached hydrogens (tertiary/aromatic N) is 1. The molecule has 0 aliphatic carbocycles. The summed E-state index contributed by atoms with van der Waals surface area (Å²) in [7, 11) is 1.65. The molecule has 3 heteroatoms. The Bertz CT molecular complexity index is 405. The lowest BCUT2D eigenvalue weighted by molar-refractivity contribution is 0.117. The first kappa shape index (κ1) is 13.2. The SMILES string of the molecule is COc1ccc(CN2CC(C)CCC2C)cc1N. The normalized spacial score (nSPS) is 25.1. The molecule has 0 aromatic heterocycles. The topological polar surface area (TPSA) is 38.5 Å². The average molecular weight is 248 g/mol. The van der Waals surface area contributed by atoms with Crippen LogP contribution in [0.25, 0.3) is 0 Å². The number of hydrogen-bond donors (Lipinski definition) is 1. The molecule has 0 radical (unpaired) electrons. The zero-order valence-electron chi connectivity index (χ0n) is 11.6. The standard InChI is InChI=1S/C15H24N2O/c1-11-4-5-12(2)17(9-11)10-13-6-7-15(18-3)14(16)8-13/h6-8,11-12H,4-5,9-10,16H2,1-3H3. The van der Waals surface area contributed by atoms with Crippen molar-refractivity contribution in [2.45, 2.75) is 39.3 Å². The monoisotopic (exact) mass is 248 g/mol. The second-order valence-corrected chi connectivity index (χ2v) is 5.54. The van der Waals surface area contributed by atoms with Crippen molar-refractivity contribution in [2.75, 3.05) is 19.4 Å². The number of rotatable bonds is 3. The summed E-state index contributed by atoms with van der Waals surface area (Å²) in [5, 5.41) is 0. The van der Waals surface area contributed by atoms with E-state index in [0.29, 0.717) is 6.04 Å². The zero-order chi connectivity index (χ0) is 13.1. The molecule has 2 rings (SSSR count). The van der Waals surface area contributed by atoms with Gasteiger partial charge in [-0.05, 0) is 43.4 Å². The summed E-state index contributed by atoms with van der Waals surface area (Å²) >= 11 is 0. The predicted molar refractivity (Wildman–Crippen MR) is 75.7 cm³/mol. The van der Waals surface area contributed by atoms with Crippen molar-refractivity contribution in [2.24, 2.45) is 5.92 Å². The fourth-order valence-electron chi connectivity index (χ4n) is 2.72. The number of hydrogen-bond acceptors (Lipinski definition) is 3. The summed E-state index contributed by atoms with van der Waals surface area (Å²) in [5.74, 6) is 1.57. The Morgan fingerprint density at radius 1 is 1.33 bits per heavy atom. The van der Waals surface area contributed by atoms with Crippen LogP contribution in [0.3, 0.4) is 0 Å². The highest BCUT2D eigenvalue weighted by atomic mass is 16.5. The number of ether oxygens (including phenoxy) is 1. The van der Waals surface area contributed by atoms with E-state index in [2.05, 4.69) is 24.8 Å². The van der Waals surface area contributed by atoms with E-state index < -0.39 is 0 Å². The third-order valence-electron chi connectivity index (χ3n) is 3.93. The maximum atomic E-state index is 5.96. The largest absolute Gasteiger partial charge is 0.495 e. The van der Waals surface area contributed by atoms with Gasteiger partial charge in [0.2, 0.25) is 0 Å². The fourth-order valence-corrected chi connectivity index (χ4v) is 2.72. The van der Waals surface area contributed by atoms with Crippen LogP contribution >= 0.6 is 0 Å². The number of likely N-dealkylation sites (tertiary alicyclic amines) is 1. The van der Waals surface area contributed by atoms with Gasteiger partial charge in [-0.15, -0.1) is 0 Å². The molecule has 0 saturated carbocycles. The molecular formula is C15H24N2O. The highest BCUT2D eigenvalue weighted by Crippen LogP contribution is 2.26. The summed E-state index contributed by atoms with van der Waals surface area (Å²) in [6.07, 6.45) is 2.65. The number of anilines is 1. The van der Waals surface area contributed by atoms with Gasteiger partial charge in [-0.3, -0.25) is 4.90 Å². The molecule has 1 fully saturated rings. The maximum absolute atomic E-state index is 5.96. The van der Waals surface area contributed by atoms with Gasteiger partial charge in [-0.2, -0.15) is 0 Å². The molecule has 1 saturated heterocycles. The van der Waals surface area contributed by atoms with Crippen LogP contribution in [0.5, 0.6) is 5.75 Å². The lowest BCUT2D eigenvalue weighted by Crippen LogP contribution is -2.40. The van der Waals surface area contributed by atoms with Crippen molar-refractivity contribution in [1.29, 1.82) is 0 Å². The first-order valence-electron chi connectivity index (χ1n) is 6.76. The number of nitrogen functional groups attached to an aromatic ring is 1. The van der Waals surface area contributed by atoms with Crippen LogP contribution < -0.4 is 10.5 Å². The molecule has 1 aromatic rings. The highest BCUT2D eigenvalue weighted by Gasteiger charge is 2.22. The van der Waals surface area contributed by atoms with Crippen LogP contribution in [0.2, 0.25) is 0 Å². The zero-order valence-corrected chi connectivity index (χ0v) is 11.6. The van der Waals surface area contributed by atoms with Gasteiger partial charge in [0.05, 0.1) is 12.8 Å². The molecule has 1 heterocycles. The molecule has 0 spiro atoms. The van der Waals surface area contributed by atoms with Crippen molar-refractivity contribution in [3.63, 3.8) is 0 Å². The molecule has 1 aromatic carbocycles. The minimum atomic E-state index is 0.671. The van der Waals surface area contributed by atoms with Crippen molar-refractivity contribution < 1.29 is 4.74 Å². The van der Waals surface area contributed by atoms with Gasteiger partial charge in [0, 0.05) is 19.1 Å². The Kier molecular flexibility index (Phi) is 4.12. The summed E-state index contributed by atoms with van der Waals surface area (Å²) in [6.45, 7) is 6.83. The third kappa shape index (κ3) is 2.96. The molecule has 0 amide bonds. The van der Waals surface area contributed by atoms with E-state index in [9.17, 15) is 0 Å². The molecule has 18 heavy (non-hydrogen) atoms. The predicted octanol–water partition coefficient (Wildman–Crippen LogP) is 2.90.